The third-order valence-corrected chi connectivity index (χ3v) is 4.62. The highest BCUT2D eigenvalue weighted by molar-refractivity contribution is 7.83. The second-order valence-corrected chi connectivity index (χ2v) is 5.41. The van der Waals surface area contributed by atoms with Crippen LogP contribution in [0.15, 0.2) is 22.1 Å². The van der Waals surface area contributed by atoms with Gasteiger partial charge in [-0.1, -0.05) is 0 Å². The van der Waals surface area contributed by atoms with Crippen molar-refractivity contribution in [3.63, 3.8) is 0 Å². The summed E-state index contributed by atoms with van der Waals surface area (Å²) in [6.07, 6.45) is 0.765. The van der Waals surface area contributed by atoms with Crippen molar-refractivity contribution < 1.29 is 14.3 Å². The van der Waals surface area contributed by atoms with E-state index in [2.05, 4.69) is 12.6 Å². The zero-order chi connectivity index (χ0) is 15.6. The maximum Gasteiger partial charge on any atom is 0.167 e. The number of Topliss-reactive ketones (excluding diaryl/α,β-unsaturated/α-hetero) is 1. The Morgan fingerprint density at radius 1 is 1.19 bits per heavy atom. The number of fused-ring (bicyclic) bond motifs is 1. The fourth-order valence-electron chi connectivity index (χ4n) is 3.37. The van der Waals surface area contributed by atoms with E-state index >= 15 is 0 Å². The number of thiol groups is 1. The van der Waals surface area contributed by atoms with E-state index in [1.165, 1.54) is 5.41 Å². The van der Waals surface area contributed by atoms with Crippen molar-refractivity contribution >= 4 is 18.4 Å². The largest absolute Gasteiger partial charge is 0.379 e. The van der Waals surface area contributed by atoms with E-state index in [1.54, 1.807) is 14.2 Å². The molecule has 0 aromatic rings. The molecule has 21 heavy (non-hydrogen) atoms. The predicted molar refractivity (Wildman–Crippen MR) is 78.1 cm³/mol. The number of ether oxygens (including phenoxy) is 2. The average Bonchev–Trinajstić information content (AvgIpc) is 2.79. The van der Waals surface area contributed by atoms with Gasteiger partial charge in [-0.05, 0) is 29.7 Å². The van der Waals surface area contributed by atoms with Crippen molar-refractivity contribution in [3.05, 3.63) is 22.1 Å². The summed E-state index contributed by atoms with van der Waals surface area (Å²) >= 11 is 4.08. The monoisotopic (exact) mass is 304 g/mol. The summed E-state index contributed by atoms with van der Waals surface area (Å²) in [5, 5.41) is 19.7. The van der Waals surface area contributed by atoms with Gasteiger partial charge in [-0.25, -0.2) is 0 Å². The van der Waals surface area contributed by atoms with E-state index < -0.39 is 0 Å². The fourth-order valence-corrected chi connectivity index (χ4v) is 3.63. The summed E-state index contributed by atoms with van der Waals surface area (Å²) in [5.74, 6) is -0.516. The highest BCUT2D eigenvalue weighted by atomic mass is 32.1. The molecule has 2 saturated carbocycles. The van der Waals surface area contributed by atoms with Crippen LogP contribution in [0.5, 0.6) is 0 Å². The number of nitriles is 2. The van der Waals surface area contributed by atoms with Crippen LogP contribution in [0.3, 0.4) is 0 Å². The molecule has 0 aromatic carbocycles. The van der Waals surface area contributed by atoms with Gasteiger partial charge in [-0.2, -0.15) is 23.2 Å². The van der Waals surface area contributed by atoms with Crippen LogP contribution in [0, 0.1) is 34.5 Å². The zero-order valence-corrected chi connectivity index (χ0v) is 12.8. The minimum Gasteiger partial charge on any atom is -0.379 e. The number of allylic oxidation sites excluding steroid dienone is 3. The number of carbonyl (C=O) groups excluding carboxylic acids is 1. The minimum atomic E-state index is -0.272. The van der Waals surface area contributed by atoms with Gasteiger partial charge in [0.05, 0.1) is 12.2 Å². The molecule has 0 amide bonds. The van der Waals surface area contributed by atoms with E-state index in [9.17, 15) is 4.79 Å². The van der Waals surface area contributed by atoms with Crippen molar-refractivity contribution in [1.29, 1.82) is 10.5 Å². The van der Waals surface area contributed by atoms with Crippen molar-refractivity contribution in [1.82, 2.24) is 0 Å². The number of carbonyl (C=O) groups is 1. The Labute approximate surface area is 129 Å². The van der Waals surface area contributed by atoms with Gasteiger partial charge in [-0.15, -0.1) is 0 Å². The lowest BCUT2D eigenvalue weighted by Crippen LogP contribution is -2.41. The first-order valence-electron chi connectivity index (χ1n) is 6.61. The third kappa shape index (κ3) is 2.51. The summed E-state index contributed by atoms with van der Waals surface area (Å²) < 4.78 is 10.8. The summed E-state index contributed by atoms with van der Waals surface area (Å²) in [6, 6.07) is 3.78. The van der Waals surface area contributed by atoms with Crippen LogP contribution in [-0.4, -0.2) is 32.2 Å². The topological polar surface area (TPSA) is 83.1 Å². The maximum absolute atomic E-state index is 12.5. The number of nitrogens with zero attached hydrogens (tertiary/aromatic N) is 2. The third-order valence-electron chi connectivity index (χ3n) is 4.36. The average molecular weight is 304 g/mol. The Balaban J connectivity index is 2.51. The van der Waals surface area contributed by atoms with E-state index in [1.807, 2.05) is 12.1 Å². The van der Waals surface area contributed by atoms with E-state index in [0.29, 0.717) is 24.0 Å². The quantitative estimate of drug-likeness (QED) is 0.477. The van der Waals surface area contributed by atoms with Gasteiger partial charge >= 0.3 is 0 Å². The van der Waals surface area contributed by atoms with Gasteiger partial charge in [-0.3, -0.25) is 4.79 Å². The number of hydrogen-bond acceptors (Lipinski definition) is 6. The van der Waals surface area contributed by atoms with Crippen LogP contribution in [0.2, 0.25) is 0 Å². The second kappa shape index (κ2) is 6.44. The molecule has 6 heteroatoms. The molecule has 2 aliphatic carbocycles. The first-order valence-corrected chi connectivity index (χ1v) is 7.13. The number of ketones is 1. The van der Waals surface area contributed by atoms with Crippen LogP contribution in [0.25, 0.3) is 0 Å². The van der Waals surface area contributed by atoms with Gasteiger partial charge in [0.2, 0.25) is 0 Å². The standard InChI is InChI=1S/C15H16N2O3S/c1-19-12-3-9-10(4-13(12)20-2)15(18)11(7-21)14(9)8(5-16)6-17/h7,9-10,12-13,21H,3-4H2,1-2H3/b11-7-. The molecule has 4 unspecified atom stereocenters. The van der Waals surface area contributed by atoms with Crippen molar-refractivity contribution in [2.24, 2.45) is 11.8 Å². The van der Waals surface area contributed by atoms with Crippen LogP contribution in [-0.2, 0) is 14.3 Å². The van der Waals surface area contributed by atoms with E-state index in [-0.39, 0.29) is 35.4 Å². The molecule has 0 saturated heterocycles. The lowest BCUT2D eigenvalue weighted by atomic mass is 9.76. The van der Waals surface area contributed by atoms with Crippen LogP contribution >= 0.6 is 12.6 Å². The Morgan fingerprint density at radius 3 is 2.14 bits per heavy atom. The lowest BCUT2D eigenvalue weighted by Gasteiger charge is -2.36. The molecule has 110 valence electrons. The minimum absolute atomic E-state index is 0.0122. The summed E-state index contributed by atoms with van der Waals surface area (Å²) in [5.41, 5.74) is 0.876. The number of hydrogen-bond donors (Lipinski definition) is 1. The summed E-state index contributed by atoms with van der Waals surface area (Å²) in [4.78, 5) is 12.5. The smallest absolute Gasteiger partial charge is 0.167 e. The highest BCUT2D eigenvalue weighted by Crippen LogP contribution is 2.48. The molecule has 2 fully saturated rings. The van der Waals surface area contributed by atoms with Crippen LogP contribution in [0.1, 0.15) is 12.8 Å². The highest BCUT2D eigenvalue weighted by Gasteiger charge is 2.50. The molecule has 4 atom stereocenters. The van der Waals surface area contributed by atoms with Crippen LogP contribution < -0.4 is 0 Å². The number of rotatable bonds is 2. The molecule has 0 aromatic heterocycles. The van der Waals surface area contributed by atoms with Gasteiger partial charge in [0.25, 0.3) is 0 Å². The van der Waals surface area contributed by atoms with Crippen molar-refractivity contribution in [3.8, 4) is 12.1 Å². The normalized spacial score (nSPS) is 33.5. The van der Waals surface area contributed by atoms with Crippen LogP contribution in [0.4, 0.5) is 0 Å². The Kier molecular flexibility index (Phi) is 4.84. The van der Waals surface area contributed by atoms with Crippen molar-refractivity contribution in [2.75, 3.05) is 14.2 Å². The first kappa shape index (κ1) is 15.8. The molecule has 0 radical (unpaired) electrons. The number of methoxy groups -OCH3 is 2. The molecule has 0 bridgehead atoms. The van der Waals surface area contributed by atoms with E-state index in [0.717, 1.165) is 0 Å². The second-order valence-electron chi connectivity index (χ2n) is 5.15. The molecule has 5 nitrogen and oxygen atoms in total. The molecular formula is C15H16N2O3S. The maximum atomic E-state index is 12.5. The summed E-state index contributed by atoms with van der Waals surface area (Å²) in [7, 11) is 3.20. The molecule has 0 aliphatic heterocycles. The SMILES string of the molecule is COC1CC2C(=O)/C(=C\S)C(=C(C#N)C#N)C2CC1OC. The summed E-state index contributed by atoms with van der Waals surface area (Å²) in [6.45, 7) is 0. The Bertz CT molecular complexity index is 581. The zero-order valence-electron chi connectivity index (χ0n) is 11.9. The lowest BCUT2D eigenvalue weighted by molar-refractivity contribution is -0.126. The Morgan fingerprint density at radius 2 is 1.71 bits per heavy atom. The van der Waals surface area contributed by atoms with Gasteiger partial charge < -0.3 is 9.47 Å². The van der Waals surface area contributed by atoms with Crippen molar-refractivity contribution in [2.45, 2.75) is 25.0 Å². The molecule has 0 spiro atoms. The Hall–Kier alpha value is -1.60. The molecule has 0 heterocycles. The predicted octanol–water partition coefficient (Wildman–Crippen LogP) is 1.78. The molecular weight excluding hydrogens is 288 g/mol. The van der Waals surface area contributed by atoms with Gasteiger partial charge in [0.1, 0.15) is 17.7 Å². The van der Waals surface area contributed by atoms with Gasteiger partial charge in [0, 0.05) is 25.7 Å². The van der Waals surface area contributed by atoms with Gasteiger partial charge in [0.15, 0.2) is 5.78 Å². The molecule has 2 aliphatic rings. The fraction of sp³-hybridized carbons (Fsp3) is 0.533. The van der Waals surface area contributed by atoms with E-state index in [4.69, 9.17) is 20.0 Å². The molecule has 2 rings (SSSR count). The first-order chi connectivity index (χ1) is 10.1. The molecule has 0 N–H and O–H groups in total.